The van der Waals surface area contributed by atoms with Gasteiger partial charge in [0.05, 0.1) is 11.6 Å². The standard InChI is InChI=1S/C17H13BrFN3O4S/c18-11-1-3-12(4-2-11)21-9-20-22(17(21)25)10-27-13-5-6-15(14(19)7-13)26-8-16(23)24/h1-7,9H,8,10H2,(H,23,24). The van der Waals surface area contributed by atoms with Gasteiger partial charge in [0.15, 0.2) is 18.2 Å². The van der Waals surface area contributed by atoms with Crippen LogP contribution in [0.3, 0.4) is 0 Å². The van der Waals surface area contributed by atoms with E-state index in [0.29, 0.717) is 10.6 Å². The number of nitrogens with zero attached hydrogens (tertiary/aromatic N) is 3. The van der Waals surface area contributed by atoms with Crippen LogP contribution in [-0.4, -0.2) is 32.0 Å². The summed E-state index contributed by atoms with van der Waals surface area (Å²) < 4.78 is 22.4. The van der Waals surface area contributed by atoms with Gasteiger partial charge in [-0.05, 0) is 42.5 Å². The maximum atomic E-state index is 13.9. The summed E-state index contributed by atoms with van der Waals surface area (Å²) in [6.45, 7) is -0.619. The molecular formula is C17H13BrFN3O4S. The van der Waals surface area contributed by atoms with Gasteiger partial charge in [0, 0.05) is 9.37 Å². The van der Waals surface area contributed by atoms with Crippen molar-refractivity contribution in [3.63, 3.8) is 0 Å². The van der Waals surface area contributed by atoms with Crippen molar-refractivity contribution in [2.24, 2.45) is 0 Å². The number of carboxylic acids is 1. The van der Waals surface area contributed by atoms with Crippen molar-refractivity contribution < 1.29 is 19.0 Å². The minimum Gasteiger partial charge on any atom is -0.479 e. The maximum Gasteiger partial charge on any atom is 0.351 e. The molecule has 1 heterocycles. The second-order valence-electron chi connectivity index (χ2n) is 5.31. The number of hydrogen-bond acceptors (Lipinski definition) is 5. The predicted octanol–water partition coefficient (Wildman–Crippen LogP) is 3.15. The summed E-state index contributed by atoms with van der Waals surface area (Å²) in [5, 5.41) is 12.6. The van der Waals surface area contributed by atoms with Gasteiger partial charge < -0.3 is 9.84 Å². The first-order valence-electron chi connectivity index (χ1n) is 7.61. The van der Waals surface area contributed by atoms with E-state index < -0.39 is 18.4 Å². The molecular weight excluding hydrogens is 441 g/mol. The van der Waals surface area contributed by atoms with Crippen LogP contribution in [-0.2, 0) is 10.7 Å². The number of hydrogen-bond donors (Lipinski definition) is 1. The molecule has 0 spiro atoms. The molecule has 3 aromatic rings. The fourth-order valence-corrected chi connectivity index (χ4v) is 3.23. The van der Waals surface area contributed by atoms with E-state index in [1.54, 1.807) is 18.2 Å². The van der Waals surface area contributed by atoms with Crippen molar-refractivity contribution in [3.05, 3.63) is 69.6 Å². The zero-order chi connectivity index (χ0) is 19.4. The number of rotatable bonds is 7. The molecule has 10 heteroatoms. The Morgan fingerprint density at radius 2 is 2.00 bits per heavy atom. The third kappa shape index (κ3) is 4.77. The van der Waals surface area contributed by atoms with Crippen LogP contribution in [0.25, 0.3) is 5.69 Å². The molecule has 0 radical (unpaired) electrons. The minimum absolute atomic E-state index is 0.140. The van der Waals surface area contributed by atoms with Gasteiger partial charge in [-0.25, -0.2) is 23.2 Å². The number of aromatic nitrogens is 3. The van der Waals surface area contributed by atoms with Crippen molar-refractivity contribution in [2.75, 3.05) is 6.61 Å². The first-order chi connectivity index (χ1) is 12.9. The topological polar surface area (TPSA) is 86.3 Å². The molecule has 0 fully saturated rings. The Hall–Kier alpha value is -2.59. The quantitative estimate of drug-likeness (QED) is 0.553. The Labute approximate surface area is 165 Å². The van der Waals surface area contributed by atoms with E-state index in [0.717, 1.165) is 4.47 Å². The Kier molecular flexibility index (Phi) is 5.97. The Bertz CT molecular complexity index is 1020. The molecule has 1 aromatic heterocycles. The number of benzene rings is 2. The first kappa shape index (κ1) is 19.2. The smallest absolute Gasteiger partial charge is 0.351 e. The van der Waals surface area contributed by atoms with Crippen LogP contribution in [0.2, 0.25) is 0 Å². The van der Waals surface area contributed by atoms with Gasteiger partial charge in [-0.1, -0.05) is 15.9 Å². The van der Waals surface area contributed by atoms with Gasteiger partial charge in [-0.2, -0.15) is 5.10 Å². The Morgan fingerprint density at radius 1 is 1.26 bits per heavy atom. The van der Waals surface area contributed by atoms with Crippen molar-refractivity contribution in [3.8, 4) is 11.4 Å². The molecule has 0 atom stereocenters. The monoisotopic (exact) mass is 453 g/mol. The third-order valence-corrected chi connectivity index (χ3v) is 4.94. The molecule has 7 nitrogen and oxygen atoms in total. The van der Waals surface area contributed by atoms with E-state index in [-0.39, 0.29) is 17.3 Å². The summed E-state index contributed by atoms with van der Waals surface area (Å²) in [6, 6.07) is 11.4. The average molecular weight is 454 g/mol. The summed E-state index contributed by atoms with van der Waals surface area (Å²) in [5.74, 6) is -1.81. The highest BCUT2D eigenvalue weighted by Crippen LogP contribution is 2.25. The highest BCUT2D eigenvalue weighted by Gasteiger charge is 2.10. The van der Waals surface area contributed by atoms with E-state index in [1.807, 2.05) is 12.1 Å². The van der Waals surface area contributed by atoms with Crippen molar-refractivity contribution in [2.45, 2.75) is 10.8 Å². The molecule has 27 heavy (non-hydrogen) atoms. The average Bonchev–Trinajstić information content (AvgIpc) is 3.00. The zero-order valence-corrected chi connectivity index (χ0v) is 16.1. The number of carbonyl (C=O) groups is 1. The van der Waals surface area contributed by atoms with Gasteiger partial charge in [-0.3, -0.25) is 0 Å². The van der Waals surface area contributed by atoms with E-state index in [1.165, 1.54) is 39.5 Å². The fraction of sp³-hybridized carbons (Fsp3) is 0.118. The second kappa shape index (κ2) is 8.40. The highest BCUT2D eigenvalue weighted by atomic mass is 79.9. The minimum atomic E-state index is -1.19. The lowest BCUT2D eigenvalue weighted by Gasteiger charge is -2.06. The summed E-state index contributed by atoms with van der Waals surface area (Å²) in [4.78, 5) is 23.5. The van der Waals surface area contributed by atoms with E-state index >= 15 is 0 Å². The fourth-order valence-electron chi connectivity index (χ4n) is 2.17. The number of aliphatic carboxylic acids is 1. The van der Waals surface area contributed by atoms with Gasteiger partial charge in [0.1, 0.15) is 6.33 Å². The summed E-state index contributed by atoms with van der Waals surface area (Å²) >= 11 is 4.55. The number of thioether (sulfide) groups is 1. The first-order valence-corrected chi connectivity index (χ1v) is 9.39. The molecule has 0 saturated carbocycles. The van der Waals surface area contributed by atoms with Gasteiger partial charge in [0.2, 0.25) is 0 Å². The van der Waals surface area contributed by atoms with Crippen LogP contribution in [0.15, 0.2) is 63.0 Å². The van der Waals surface area contributed by atoms with Gasteiger partial charge in [0.25, 0.3) is 0 Å². The second-order valence-corrected chi connectivity index (χ2v) is 7.24. The van der Waals surface area contributed by atoms with Crippen molar-refractivity contribution >= 4 is 33.7 Å². The summed E-state index contributed by atoms with van der Waals surface area (Å²) in [5.41, 5.74) is 0.372. The molecule has 0 bridgehead atoms. The summed E-state index contributed by atoms with van der Waals surface area (Å²) in [7, 11) is 0. The lowest BCUT2D eigenvalue weighted by atomic mass is 10.3. The van der Waals surface area contributed by atoms with E-state index in [2.05, 4.69) is 21.0 Å². The maximum absolute atomic E-state index is 13.9. The molecule has 3 rings (SSSR count). The van der Waals surface area contributed by atoms with Gasteiger partial charge in [-0.15, -0.1) is 11.8 Å². The normalized spacial score (nSPS) is 10.7. The molecule has 0 amide bonds. The lowest BCUT2D eigenvalue weighted by molar-refractivity contribution is -0.139. The number of halogens is 2. The Morgan fingerprint density at radius 3 is 2.67 bits per heavy atom. The Balaban J connectivity index is 1.68. The molecule has 1 N–H and O–H groups in total. The molecule has 0 aliphatic carbocycles. The SMILES string of the molecule is O=C(O)COc1ccc(SCn2ncn(-c3ccc(Br)cc3)c2=O)cc1F. The highest BCUT2D eigenvalue weighted by molar-refractivity contribution is 9.10. The van der Waals surface area contributed by atoms with Crippen molar-refractivity contribution in [1.29, 1.82) is 0 Å². The molecule has 0 saturated heterocycles. The van der Waals surface area contributed by atoms with Crippen LogP contribution in [0.4, 0.5) is 4.39 Å². The molecule has 0 aliphatic heterocycles. The molecule has 2 aromatic carbocycles. The van der Waals surface area contributed by atoms with Crippen LogP contribution in [0.1, 0.15) is 0 Å². The molecule has 0 aliphatic rings. The molecule has 140 valence electrons. The third-order valence-electron chi connectivity index (χ3n) is 3.45. The summed E-state index contributed by atoms with van der Waals surface area (Å²) in [6.07, 6.45) is 1.43. The van der Waals surface area contributed by atoms with E-state index in [4.69, 9.17) is 9.84 Å². The predicted molar refractivity (Wildman–Crippen MR) is 101 cm³/mol. The van der Waals surface area contributed by atoms with Crippen LogP contribution < -0.4 is 10.4 Å². The largest absolute Gasteiger partial charge is 0.479 e. The number of ether oxygens (including phenoxy) is 1. The number of carboxylic acid groups (broad SMARTS) is 1. The molecule has 0 unspecified atom stereocenters. The lowest BCUT2D eigenvalue weighted by Crippen LogP contribution is -2.23. The van der Waals surface area contributed by atoms with E-state index in [9.17, 15) is 14.0 Å². The van der Waals surface area contributed by atoms with Gasteiger partial charge >= 0.3 is 11.7 Å². The van der Waals surface area contributed by atoms with Crippen LogP contribution in [0.5, 0.6) is 5.75 Å². The zero-order valence-electron chi connectivity index (χ0n) is 13.7. The van der Waals surface area contributed by atoms with Crippen LogP contribution in [0, 0.1) is 5.82 Å². The van der Waals surface area contributed by atoms with Crippen molar-refractivity contribution in [1.82, 2.24) is 14.3 Å². The van der Waals surface area contributed by atoms with Crippen LogP contribution >= 0.6 is 27.7 Å².